The molecule has 0 atom stereocenters. The number of halogens is 1. The van der Waals surface area contributed by atoms with Gasteiger partial charge in [-0.05, 0) is 23.6 Å². The number of nitrogens with zero attached hydrogens (tertiary/aromatic N) is 1. The van der Waals surface area contributed by atoms with Crippen molar-refractivity contribution in [2.75, 3.05) is 20.2 Å². The first kappa shape index (κ1) is 18.2. The van der Waals surface area contributed by atoms with Crippen molar-refractivity contribution >= 4 is 11.9 Å². The van der Waals surface area contributed by atoms with Gasteiger partial charge in [-0.1, -0.05) is 20.8 Å². The van der Waals surface area contributed by atoms with Crippen molar-refractivity contribution in [1.82, 2.24) is 4.90 Å². The molecule has 6 heteroatoms. The molecule has 0 aromatic heterocycles. The molecule has 0 radical (unpaired) electrons. The van der Waals surface area contributed by atoms with Crippen LogP contribution in [0.2, 0.25) is 0 Å². The van der Waals surface area contributed by atoms with Gasteiger partial charge in [0.1, 0.15) is 17.7 Å². The summed E-state index contributed by atoms with van der Waals surface area (Å²) in [6, 6.07) is 4.55. The van der Waals surface area contributed by atoms with E-state index >= 15 is 0 Å². The molecule has 0 N–H and O–H groups in total. The lowest BCUT2D eigenvalue weighted by molar-refractivity contribution is -0.159. The number of rotatable bonds is 2. The Morgan fingerprint density at radius 2 is 1.83 bits per heavy atom. The van der Waals surface area contributed by atoms with E-state index in [1.807, 2.05) is 20.8 Å². The zero-order chi connectivity index (χ0) is 17.9. The van der Waals surface area contributed by atoms with Crippen LogP contribution in [0.25, 0.3) is 0 Å². The third-order valence-electron chi connectivity index (χ3n) is 4.13. The van der Waals surface area contributed by atoms with Crippen LogP contribution in [0.1, 0.15) is 39.2 Å². The fraction of sp³-hybridized carbons (Fsp3) is 0.556. The highest BCUT2D eigenvalue weighted by atomic mass is 19.1. The molecule has 0 bridgehead atoms. The van der Waals surface area contributed by atoms with Crippen molar-refractivity contribution in [2.24, 2.45) is 0 Å². The van der Waals surface area contributed by atoms with Gasteiger partial charge in [0.05, 0.1) is 7.11 Å². The summed E-state index contributed by atoms with van der Waals surface area (Å²) in [5, 5.41) is 0. The maximum atomic E-state index is 13.6. The van der Waals surface area contributed by atoms with Gasteiger partial charge in [0.2, 0.25) is 0 Å². The van der Waals surface area contributed by atoms with E-state index in [4.69, 9.17) is 4.74 Å². The fourth-order valence-electron chi connectivity index (χ4n) is 2.76. The first-order valence-corrected chi connectivity index (χ1v) is 8.06. The van der Waals surface area contributed by atoms with Crippen LogP contribution in [0.5, 0.6) is 5.75 Å². The Kier molecular flexibility index (Phi) is 5.47. The van der Waals surface area contributed by atoms with Crippen molar-refractivity contribution < 1.29 is 23.5 Å². The molecule has 1 fully saturated rings. The molecular formula is C18H24FNO4. The minimum Gasteiger partial charge on any atom is -0.490 e. The Morgan fingerprint density at radius 3 is 2.38 bits per heavy atom. The van der Waals surface area contributed by atoms with E-state index in [1.54, 1.807) is 6.07 Å². The molecule has 1 heterocycles. The Hall–Kier alpha value is -2.11. The van der Waals surface area contributed by atoms with Crippen LogP contribution in [0.15, 0.2) is 18.2 Å². The molecule has 1 amide bonds. The van der Waals surface area contributed by atoms with Crippen molar-refractivity contribution in [2.45, 2.75) is 45.1 Å². The van der Waals surface area contributed by atoms with Crippen LogP contribution in [-0.4, -0.2) is 43.1 Å². The average Bonchev–Trinajstić information content (AvgIpc) is 2.55. The molecule has 1 aliphatic rings. The van der Waals surface area contributed by atoms with E-state index in [9.17, 15) is 14.0 Å². The molecule has 132 valence electrons. The minimum atomic E-state index is -0.845. The number of esters is 1. The number of methoxy groups -OCH3 is 1. The molecule has 1 aliphatic heterocycles. The van der Waals surface area contributed by atoms with Crippen LogP contribution < -0.4 is 4.74 Å². The predicted molar refractivity (Wildman–Crippen MR) is 87.3 cm³/mol. The summed E-state index contributed by atoms with van der Waals surface area (Å²) in [5.41, 5.74) is 0.578. The highest BCUT2D eigenvalue weighted by molar-refractivity contribution is 6.32. The van der Waals surface area contributed by atoms with E-state index in [0.29, 0.717) is 31.7 Å². The third-order valence-corrected chi connectivity index (χ3v) is 4.13. The molecule has 0 aliphatic carbocycles. The second-order valence-electron chi connectivity index (χ2n) is 6.99. The smallest absolute Gasteiger partial charge is 0.396 e. The quantitative estimate of drug-likeness (QED) is 0.615. The summed E-state index contributed by atoms with van der Waals surface area (Å²) < 4.78 is 24.1. The lowest BCUT2D eigenvalue weighted by Gasteiger charge is -2.33. The van der Waals surface area contributed by atoms with Crippen molar-refractivity contribution in [3.8, 4) is 5.75 Å². The van der Waals surface area contributed by atoms with Gasteiger partial charge in [0, 0.05) is 31.5 Å². The first-order valence-electron chi connectivity index (χ1n) is 8.06. The number of likely N-dealkylation sites (tertiary alicyclic amines) is 1. The van der Waals surface area contributed by atoms with Gasteiger partial charge in [-0.15, -0.1) is 0 Å². The number of piperidine rings is 1. The van der Waals surface area contributed by atoms with E-state index in [1.165, 1.54) is 24.1 Å². The van der Waals surface area contributed by atoms with Crippen LogP contribution >= 0.6 is 0 Å². The monoisotopic (exact) mass is 337 g/mol. The van der Waals surface area contributed by atoms with Gasteiger partial charge in [0.15, 0.2) is 0 Å². The van der Waals surface area contributed by atoms with Crippen molar-refractivity contribution in [3.05, 3.63) is 29.6 Å². The van der Waals surface area contributed by atoms with Gasteiger partial charge >= 0.3 is 11.9 Å². The molecule has 1 saturated heterocycles. The molecule has 0 saturated carbocycles. The molecule has 24 heavy (non-hydrogen) atoms. The predicted octanol–water partition coefficient (Wildman–Crippen LogP) is 2.67. The SMILES string of the molecule is COC(=O)C(=O)N1CCC(Oc2ccc(F)cc2C(C)(C)C)CC1. The Labute approximate surface area is 141 Å². The van der Waals surface area contributed by atoms with Crippen molar-refractivity contribution in [1.29, 1.82) is 0 Å². The maximum Gasteiger partial charge on any atom is 0.396 e. The van der Waals surface area contributed by atoms with Gasteiger partial charge in [-0.25, -0.2) is 9.18 Å². The van der Waals surface area contributed by atoms with Gasteiger partial charge < -0.3 is 14.4 Å². The molecule has 2 rings (SSSR count). The van der Waals surface area contributed by atoms with Crippen LogP contribution in [0.4, 0.5) is 4.39 Å². The third kappa shape index (κ3) is 4.24. The topological polar surface area (TPSA) is 55.8 Å². The Morgan fingerprint density at radius 1 is 1.21 bits per heavy atom. The zero-order valence-corrected chi connectivity index (χ0v) is 14.6. The molecule has 0 spiro atoms. The molecule has 0 unspecified atom stereocenters. The summed E-state index contributed by atoms with van der Waals surface area (Å²) >= 11 is 0. The highest BCUT2D eigenvalue weighted by Crippen LogP contribution is 2.33. The number of hydrogen-bond donors (Lipinski definition) is 0. The Bertz CT molecular complexity index is 616. The summed E-state index contributed by atoms with van der Waals surface area (Å²) in [6.07, 6.45) is 1.16. The summed E-state index contributed by atoms with van der Waals surface area (Å²) in [6.45, 7) is 6.89. The van der Waals surface area contributed by atoms with Crippen LogP contribution in [0.3, 0.4) is 0 Å². The fourth-order valence-corrected chi connectivity index (χ4v) is 2.76. The first-order chi connectivity index (χ1) is 11.2. The molecule has 1 aromatic carbocycles. The second-order valence-corrected chi connectivity index (χ2v) is 6.99. The standard InChI is InChI=1S/C18H24FNO4/c1-18(2,3)14-11-12(19)5-6-15(14)24-13-7-9-20(10-8-13)16(21)17(22)23-4/h5-6,11,13H,7-10H2,1-4H3. The minimum absolute atomic E-state index is 0.0711. The lowest BCUT2D eigenvalue weighted by atomic mass is 9.86. The van der Waals surface area contributed by atoms with E-state index < -0.39 is 11.9 Å². The van der Waals surface area contributed by atoms with E-state index in [2.05, 4.69) is 4.74 Å². The number of amides is 1. The van der Waals surface area contributed by atoms with Gasteiger partial charge in [-0.3, -0.25) is 4.79 Å². The molecular weight excluding hydrogens is 313 g/mol. The largest absolute Gasteiger partial charge is 0.490 e. The molecule has 5 nitrogen and oxygen atoms in total. The van der Waals surface area contributed by atoms with Crippen LogP contribution in [0, 0.1) is 5.82 Å². The Balaban J connectivity index is 2.02. The van der Waals surface area contributed by atoms with E-state index in [-0.39, 0.29) is 17.3 Å². The molecule has 1 aromatic rings. The van der Waals surface area contributed by atoms with Crippen molar-refractivity contribution in [3.63, 3.8) is 0 Å². The summed E-state index contributed by atoms with van der Waals surface area (Å²) in [5.74, 6) is -1.08. The van der Waals surface area contributed by atoms with Gasteiger partial charge in [0.25, 0.3) is 0 Å². The number of carbonyl (C=O) groups excluding carboxylic acids is 2. The number of hydrogen-bond acceptors (Lipinski definition) is 4. The van der Waals surface area contributed by atoms with E-state index in [0.717, 1.165) is 5.56 Å². The summed E-state index contributed by atoms with van der Waals surface area (Å²) in [7, 11) is 1.19. The lowest BCUT2D eigenvalue weighted by Crippen LogP contribution is -2.45. The number of benzene rings is 1. The normalized spacial score (nSPS) is 16.0. The summed E-state index contributed by atoms with van der Waals surface area (Å²) in [4.78, 5) is 24.5. The maximum absolute atomic E-state index is 13.6. The van der Waals surface area contributed by atoms with Gasteiger partial charge in [-0.2, -0.15) is 0 Å². The highest BCUT2D eigenvalue weighted by Gasteiger charge is 2.29. The second kappa shape index (κ2) is 7.20. The average molecular weight is 337 g/mol. The zero-order valence-electron chi connectivity index (χ0n) is 14.6. The number of carbonyl (C=O) groups is 2. The number of ether oxygens (including phenoxy) is 2. The van der Waals surface area contributed by atoms with Crippen LogP contribution in [-0.2, 0) is 19.7 Å².